The summed E-state index contributed by atoms with van der Waals surface area (Å²) in [5, 5.41) is 2.52. The molecule has 1 aromatic rings. The Bertz CT molecular complexity index is 779. The Morgan fingerprint density at radius 1 is 1.21 bits per heavy atom. The highest BCUT2D eigenvalue weighted by Crippen LogP contribution is 2.25. The Kier molecular flexibility index (Phi) is 6.39. The van der Waals surface area contributed by atoms with Crippen molar-refractivity contribution in [2.75, 3.05) is 18.8 Å². The molecule has 0 spiro atoms. The number of carbonyl (C=O) groups excluding carboxylic acids is 4. The lowest BCUT2D eigenvalue weighted by Crippen LogP contribution is -2.53. The summed E-state index contributed by atoms with van der Waals surface area (Å²) in [7, 11) is 0. The molecule has 28 heavy (non-hydrogen) atoms. The molecule has 0 radical (unpaired) electrons. The number of rotatable bonds is 6. The van der Waals surface area contributed by atoms with Crippen LogP contribution in [0.2, 0.25) is 0 Å². The van der Waals surface area contributed by atoms with Gasteiger partial charge in [0.1, 0.15) is 6.04 Å². The minimum atomic E-state index is -0.583. The molecule has 7 nitrogen and oxygen atoms in total. The first kappa shape index (κ1) is 20.4. The van der Waals surface area contributed by atoms with Crippen molar-refractivity contribution in [1.29, 1.82) is 0 Å². The number of benzene rings is 1. The number of hydrogen-bond donors (Lipinski definition) is 1. The molecule has 2 aliphatic heterocycles. The smallest absolute Gasteiger partial charge is 0.288 e. The van der Waals surface area contributed by atoms with E-state index in [0.29, 0.717) is 19.4 Å². The van der Waals surface area contributed by atoms with Crippen molar-refractivity contribution in [3.8, 4) is 0 Å². The van der Waals surface area contributed by atoms with Gasteiger partial charge in [-0.05, 0) is 17.0 Å². The molecule has 1 saturated heterocycles. The molecule has 1 aromatic carbocycles. The molecule has 2 aliphatic rings. The van der Waals surface area contributed by atoms with Crippen LogP contribution in [0.25, 0.3) is 0 Å². The highest BCUT2D eigenvalue weighted by atomic mass is 32.2. The normalized spacial score (nSPS) is 19.2. The van der Waals surface area contributed by atoms with Crippen molar-refractivity contribution < 1.29 is 19.2 Å². The average Bonchev–Trinajstić information content (AvgIpc) is 2.98. The second kappa shape index (κ2) is 8.77. The molecular weight excluding hydrogens is 378 g/mol. The van der Waals surface area contributed by atoms with Crippen LogP contribution >= 0.6 is 11.8 Å². The van der Waals surface area contributed by atoms with E-state index >= 15 is 0 Å². The molecule has 1 atom stereocenters. The van der Waals surface area contributed by atoms with E-state index in [2.05, 4.69) is 5.32 Å². The molecule has 0 aromatic heterocycles. The van der Waals surface area contributed by atoms with Crippen molar-refractivity contribution in [2.45, 2.75) is 39.3 Å². The van der Waals surface area contributed by atoms with Crippen LogP contribution < -0.4 is 5.32 Å². The van der Waals surface area contributed by atoms with Gasteiger partial charge in [-0.3, -0.25) is 24.1 Å². The van der Waals surface area contributed by atoms with Crippen LogP contribution in [0.5, 0.6) is 0 Å². The Hall–Kier alpha value is -2.35. The van der Waals surface area contributed by atoms with Gasteiger partial charge >= 0.3 is 0 Å². The Labute approximate surface area is 168 Å². The van der Waals surface area contributed by atoms with Gasteiger partial charge < -0.3 is 10.2 Å². The van der Waals surface area contributed by atoms with Gasteiger partial charge in [0, 0.05) is 32.5 Å². The number of nitrogens with one attached hydrogen (secondary N) is 1. The fraction of sp³-hybridized carbons (Fsp3) is 0.500. The van der Waals surface area contributed by atoms with Gasteiger partial charge in [0.2, 0.25) is 17.7 Å². The number of thioether (sulfide) groups is 1. The number of imide groups is 1. The van der Waals surface area contributed by atoms with Crippen LogP contribution in [0.4, 0.5) is 4.79 Å². The van der Waals surface area contributed by atoms with Gasteiger partial charge in [-0.15, -0.1) is 0 Å². The van der Waals surface area contributed by atoms with Gasteiger partial charge in [0.25, 0.3) is 5.24 Å². The zero-order valence-corrected chi connectivity index (χ0v) is 17.0. The van der Waals surface area contributed by atoms with Crippen molar-refractivity contribution >= 4 is 34.7 Å². The van der Waals surface area contributed by atoms with Gasteiger partial charge in [-0.25, -0.2) is 0 Å². The second-order valence-electron chi connectivity index (χ2n) is 7.50. The van der Waals surface area contributed by atoms with Crippen molar-refractivity contribution in [2.24, 2.45) is 5.92 Å². The Morgan fingerprint density at radius 2 is 1.93 bits per heavy atom. The summed E-state index contributed by atoms with van der Waals surface area (Å²) >= 11 is 0.974. The SMILES string of the molecule is CC(C)CC(=O)N1Cc2ccccc2CC1C(=O)NCCN1C(=O)CSC1=O. The highest BCUT2D eigenvalue weighted by Gasteiger charge is 2.35. The molecule has 150 valence electrons. The minimum absolute atomic E-state index is 0.0362. The second-order valence-corrected chi connectivity index (χ2v) is 8.43. The maximum Gasteiger partial charge on any atom is 0.288 e. The van der Waals surface area contributed by atoms with E-state index in [0.717, 1.165) is 27.8 Å². The van der Waals surface area contributed by atoms with Crippen LogP contribution in [-0.4, -0.2) is 57.6 Å². The summed E-state index contributed by atoms with van der Waals surface area (Å²) in [6.07, 6.45) is 0.850. The van der Waals surface area contributed by atoms with Gasteiger partial charge in [0.05, 0.1) is 5.75 Å². The van der Waals surface area contributed by atoms with Crippen LogP contribution in [0, 0.1) is 5.92 Å². The summed E-state index contributed by atoms with van der Waals surface area (Å²) in [4.78, 5) is 51.7. The van der Waals surface area contributed by atoms with E-state index in [9.17, 15) is 19.2 Å². The largest absolute Gasteiger partial charge is 0.353 e. The fourth-order valence-electron chi connectivity index (χ4n) is 3.49. The minimum Gasteiger partial charge on any atom is -0.353 e. The summed E-state index contributed by atoms with van der Waals surface area (Å²) in [6.45, 7) is 4.71. The third-order valence-corrected chi connectivity index (χ3v) is 5.79. The zero-order valence-electron chi connectivity index (χ0n) is 16.1. The predicted octanol–water partition coefficient (Wildman–Crippen LogP) is 1.80. The molecule has 2 heterocycles. The van der Waals surface area contributed by atoms with E-state index in [-0.39, 0.29) is 47.7 Å². The lowest BCUT2D eigenvalue weighted by Gasteiger charge is -2.36. The average molecular weight is 404 g/mol. The van der Waals surface area contributed by atoms with Crippen molar-refractivity contribution in [3.63, 3.8) is 0 Å². The molecule has 1 fully saturated rings. The third kappa shape index (κ3) is 4.55. The van der Waals surface area contributed by atoms with E-state index in [1.807, 2.05) is 38.1 Å². The molecular formula is C20H25N3O4S. The number of nitrogens with zero attached hydrogens (tertiary/aromatic N) is 2. The maximum atomic E-state index is 12.8. The molecule has 0 aliphatic carbocycles. The number of hydrogen-bond acceptors (Lipinski definition) is 5. The Balaban J connectivity index is 1.67. The lowest BCUT2D eigenvalue weighted by molar-refractivity contribution is -0.142. The fourth-order valence-corrected chi connectivity index (χ4v) is 4.24. The van der Waals surface area contributed by atoms with Crippen LogP contribution in [0.15, 0.2) is 24.3 Å². The lowest BCUT2D eigenvalue weighted by atomic mass is 9.92. The number of fused-ring (bicyclic) bond motifs is 1. The van der Waals surface area contributed by atoms with Gasteiger partial charge in [0.15, 0.2) is 0 Å². The zero-order chi connectivity index (χ0) is 20.3. The van der Waals surface area contributed by atoms with Crippen LogP contribution in [0.1, 0.15) is 31.4 Å². The summed E-state index contributed by atoms with van der Waals surface area (Å²) < 4.78 is 0. The van der Waals surface area contributed by atoms with E-state index in [1.165, 1.54) is 0 Å². The van der Waals surface area contributed by atoms with E-state index in [1.54, 1.807) is 4.90 Å². The number of amides is 4. The first-order chi connectivity index (χ1) is 13.4. The van der Waals surface area contributed by atoms with E-state index in [4.69, 9.17) is 0 Å². The van der Waals surface area contributed by atoms with Crippen LogP contribution in [-0.2, 0) is 27.3 Å². The van der Waals surface area contributed by atoms with Gasteiger partial charge in [-0.1, -0.05) is 49.9 Å². The highest BCUT2D eigenvalue weighted by molar-refractivity contribution is 8.14. The third-order valence-electron chi connectivity index (χ3n) is 4.93. The number of carbonyl (C=O) groups is 4. The maximum absolute atomic E-state index is 12.8. The first-order valence-electron chi connectivity index (χ1n) is 9.48. The molecule has 8 heteroatoms. The summed E-state index contributed by atoms with van der Waals surface area (Å²) in [5.74, 6) is -0.157. The predicted molar refractivity (Wildman–Crippen MR) is 107 cm³/mol. The van der Waals surface area contributed by atoms with Crippen molar-refractivity contribution in [1.82, 2.24) is 15.1 Å². The van der Waals surface area contributed by atoms with Crippen molar-refractivity contribution in [3.05, 3.63) is 35.4 Å². The summed E-state index contributed by atoms with van der Waals surface area (Å²) in [5.41, 5.74) is 2.13. The summed E-state index contributed by atoms with van der Waals surface area (Å²) in [6, 6.07) is 7.26. The Morgan fingerprint density at radius 3 is 2.57 bits per heavy atom. The van der Waals surface area contributed by atoms with Gasteiger partial charge in [-0.2, -0.15) is 0 Å². The molecule has 4 amide bonds. The van der Waals surface area contributed by atoms with E-state index < -0.39 is 6.04 Å². The quantitative estimate of drug-likeness (QED) is 0.783. The molecule has 1 N–H and O–H groups in total. The first-order valence-corrected chi connectivity index (χ1v) is 10.5. The standard InChI is InChI=1S/C20H25N3O4S/c1-13(2)9-17(24)23-11-15-6-4-3-5-14(15)10-16(23)19(26)21-7-8-22-18(25)12-28-20(22)27/h3-6,13,16H,7-12H2,1-2H3,(H,21,26). The molecule has 0 bridgehead atoms. The molecule has 1 unspecified atom stereocenters. The molecule has 3 rings (SSSR count). The monoisotopic (exact) mass is 403 g/mol. The van der Waals surface area contributed by atoms with Crippen LogP contribution in [0.3, 0.4) is 0 Å². The molecule has 0 saturated carbocycles. The topological polar surface area (TPSA) is 86.8 Å².